The summed E-state index contributed by atoms with van der Waals surface area (Å²) in [4.78, 5) is 0. The summed E-state index contributed by atoms with van der Waals surface area (Å²) in [6.07, 6.45) is 7.91. The molecule has 1 aliphatic rings. The zero-order chi connectivity index (χ0) is 14.2. The molecule has 0 radical (unpaired) electrons. The van der Waals surface area contributed by atoms with Gasteiger partial charge < -0.3 is 10.1 Å². The second kappa shape index (κ2) is 8.31. The van der Waals surface area contributed by atoms with Gasteiger partial charge in [0.05, 0.1) is 6.61 Å². The number of para-hydroxylation sites is 1. The fourth-order valence-corrected chi connectivity index (χ4v) is 3.03. The van der Waals surface area contributed by atoms with E-state index in [0.717, 1.165) is 37.3 Å². The standard InChI is InChI=1S/C18H29NO/c1-15-9-3-5-11-17(15)19-13-7-8-14-20-18-12-6-4-10-16(18)2/h4,6,10,12,15,17,19H,3,5,7-9,11,13-14H2,1-2H3. The van der Waals surface area contributed by atoms with Crippen molar-refractivity contribution in [2.75, 3.05) is 13.2 Å². The van der Waals surface area contributed by atoms with Crippen molar-refractivity contribution < 1.29 is 4.74 Å². The van der Waals surface area contributed by atoms with Crippen LogP contribution in [0.1, 0.15) is 51.0 Å². The smallest absolute Gasteiger partial charge is 0.122 e. The molecule has 2 nitrogen and oxygen atoms in total. The molecule has 0 spiro atoms. The highest BCUT2D eigenvalue weighted by atomic mass is 16.5. The van der Waals surface area contributed by atoms with Crippen molar-refractivity contribution in [2.45, 2.75) is 58.4 Å². The van der Waals surface area contributed by atoms with E-state index in [1.54, 1.807) is 0 Å². The molecular formula is C18H29NO. The average Bonchev–Trinajstić information content (AvgIpc) is 2.46. The molecule has 0 aliphatic heterocycles. The Bertz CT molecular complexity index is 391. The molecule has 2 rings (SSSR count). The second-order valence-electron chi connectivity index (χ2n) is 6.14. The van der Waals surface area contributed by atoms with Crippen LogP contribution in [0.15, 0.2) is 24.3 Å². The third-order valence-electron chi connectivity index (χ3n) is 4.44. The van der Waals surface area contributed by atoms with Crippen LogP contribution < -0.4 is 10.1 Å². The number of hydrogen-bond donors (Lipinski definition) is 1. The van der Waals surface area contributed by atoms with Gasteiger partial charge in [-0.2, -0.15) is 0 Å². The Hall–Kier alpha value is -1.02. The van der Waals surface area contributed by atoms with Crippen LogP contribution in [-0.2, 0) is 0 Å². The number of nitrogens with one attached hydrogen (secondary N) is 1. The lowest BCUT2D eigenvalue weighted by molar-refractivity contribution is 0.270. The third-order valence-corrected chi connectivity index (χ3v) is 4.44. The van der Waals surface area contributed by atoms with Crippen molar-refractivity contribution in [3.8, 4) is 5.75 Å². The maximum atomic E-state index is 5.82. The van der Waals surface area contributed by atoms with Gasteiger partial charge in [0, 0.05) is 6.04 Å². The molecule has 0 bridgehead atoms. The second-order valence-corrected chi connectivity index (χ2v) is 6.14. The predicted molar refractivity (Wildman–Crippen MR) is 85.3 cm³/mol. The fourth-order valence-electron chi connectivity index (χ4n) is 3.03. The van der Waals surface area contributed by atoms with E-state index in [1.807, 2.05) is 6.07 Å². The van der Waals surface area contributed by atoms with Crippen LogP contribution in [0, 0.1) is 12.8 Å². The van der Waals surface area contributed by atoms with Crippen LogP contribution in [0.25, 0.3) is 0 Å². The van der Waals surface area contributed by atoms with Crippen LogP contribution in [0.5, 0.6) is 5.75 Å². The van der Waals surface area contributed by atoms with Gasteiger partial charge in [-0.15, -0.1) is 0 Å². The molecule has 0 amide bonds. The van der Waals surface area contributed by atoms with E-state index in [4.69, 9.17) is 4.74 Å². The van der Waals surface area contributed by atoms with Crippen LogP contribution in [0.3, 0.4) is 0 Å². The van der Waals surface area contributed by atoms with Gasteiger partial charge in [0.2, 0.25) is 0 Å². The van der Waals surface area contributed by atoms with Crippen LogP contribution in [0.2, 0.25) is 0 Å². The minimum Gasteiger partial charge on any atom is -0.493 e. The van der Waals surface area contributed by atoms with Crippen LogP contribution in [-0.4, -0.2) is 19.2 Å². The van der Waals surface area contributed by atoms with Crippen molar-refractivity contribution in [1.29, 1.82) is 0 Å². The molecule has 2 heteroatoms. The molecule has 112 valence electrons. The highest BCUT2D eigenvalue weighted by Gasteiger charge is 2.19. The van der Waals surface area contributed by atoms with Gasteiger partial charge in [-0.25, -0.2) is 0 Å². The summed E-state index contributed by atoms with van der Waals surface area (Å²) in [6.45, 7) is 6.44. The summed E-state index contributed by atoms with van der Waals surface area (Å²) in [5.74, 6) is 1.88. The lowest BCUT2D eigenvalue weighted by Gasteiger charge is -2.29. The number of rotatable bonds is 7. The first-order chi connectivity index (χ1) is 9.77. The van der Waals surface area contributed by atoms with E-state index < -0.39 is 0 Å². The van der Waals surface area contributed by atoms with Gasteiger partial charge in [0.25, 0.3) is 0 Å². The molecule has 2 atom stereocenters. The fraction of sp³-hybridized carbons (Fsp3) is 0.667. The summed E-state index contributed by atoms with van der Waals surface area (Å²) in [5.41, 5.74) is 1.22. The van der Waals surface area contributed by atoms with E-state index in [-0.39, 0.29) is 0 Å². The largest absolute Gasteiger partial charge is 0.493 e. The van der Waals surface area contributed by atoms with E-state index in [9.17, 15) is 0 Å². The number of unbranched alkanes of at least 4 members (excludes halogenated alkanes) is 1. The Kier molecular flexibility index (Phi) is 6.38. The molecule has 0 aromatic heterocycles. The Morgan fingerprint density at radius 2 is 1.95 bits per heavy atom. The molecule has 20 heavy (non-hydrogen) atoms. The van der Waals surface area contributed by atoms with Crippen LogP contribution >= 0.6 is 0 Å². The maximum Gasteiger partial charge on any atom is 0.122 e. The molecule has 0 saturated heterocycles. The third kappa shape index (κ3) is 4.82. The average molecular weight is 275 g/mol. The summed E-state index contributed by atoms with van der Waals surface area (Å²) >= 11 is 0. The molecule has 1 aliphatic carbocycles. The van der Waals surface area contributed by atoms with Gasteiger partial charge in [0.1, 0.15) is 5.75 Å². The molecule has 0 heterocycles. The Balaban J connectivity index is 1.54. The number of hydrogen-bond acceptors (Lipinski definition) is 2. The number of benzene rings is 1. The molecule has 2 unspecified atom stereocenters. The van der Waals surface area contributed by atoms with Gasteiger partial charge in [-0.1, -0.05) is 38.0 Å². The summed E-state index contributed by atoms with van der Waals surface area (Å²) in [7, 11) is 0. The van der Waals surface area contributed by atoms with Gasteiger partial charge in [-0.05, 0) is 56.7 Å². The highest BCUT2D eigenvalue weighted by Crippen LogP contribution is 2.23. The van der Waals surface area contributed by atoms with Crippen molar-refractivity contribution in [3.05, 3.63) is 29.8 Å². The minimum atomic E-state index is 0.751. The topological polar surface area (TPSA) is 21.3 Å². The Morgan fingerprint density at radius 1 is 1.15 bits per heavy atom. The molecular weight excluding hydrogens is 246 g/mol. The van der Waals surface area contributed by atoms with E-state index in [0.29, 0.717) is 0 Å². The Labute approximate surface area is 123 Å². The SMILES string of the molecule is Cc1ccccc1OCCCCNC1CCCCC1C. The molecule has 1 aromatic rings. The molecule has 1 fully saturated rings. The van der Waals surface area contributed by atoms with E-state index in [1.165, 1.54) is 37.7 Å². The van der Waals surface area contributed by atoms with Gasteiger partial charge in [0.15, 0.2) is 0 Å². The van der Waals surface area contributed by atoms with E-state index in [2.05, 4.69) is 37.4 Å². The maximum absolute atomic E-state index is 5.82. The molecule has 1 aromatic carbocycles. The van der Waals surface area contributed by atoms with Crippen molar-refractivity contribution in [2.24, 2.45) is 5.92 Å². The zero-order valence-corrected chi connectivity index (χ0v) is 13.0. The van der Waals surface area contributed by atoms with Gasteiger partial charge >= 0.3 is 0 Å². The van der Waals surface area contributed by atoms with E-state index >= 15 is 0 Å². The van der Waals surface area contributed by atoms with Gasteiger partial charge in [-0.3, -0.25) is 0 Å². The van der Waals surface area contributed by atoms with Crippen molar-refractivity contribution in [3.63, 3.8) is 0 Å². The summed E-state index contributed by atoms with van der Waals surface area (Å²) < 4.78 is 5.82. The molecule has 1 saturated carbocycles. The monoisotopic (exact) mass is 275 g/mol. The molecule has 1 N–H and O–H groups in total. The first kappa shape index (κ1) is 15.4. The highest BCUT2D eigenvalue weighted by molar-refractivity contribution is 5.31. The Morgan fingerprint density at radius 3 is 2.75 bits per heavy atom. The number of ether oxygens (including phenoxy) is 1. The predicted octanol–water partition coefficient (Wildman–Crippen LogP) is 4.32. The van der Waals surface area contributed by atoms with Crippen LogP contribution in [0.4, 0.5) is 0 Å². The summed E-state index contributed by atoms with van der Waals surface area (Å²) in [6, 6.07) is 8.99. The van der Waals surface area contributed by atoms with Crippen molar-refractivity contribution in [1.82, 2.24) is 5.32 Å². The lowest BCUT2D eigenvalue weighted by Crippen LogP contribution is -2.37. The lowest BCUT2D eigenvalue weighted by atomic mass is 9.86. The van der Waals surface area contributed by atoms with Crippen molar-refractivity contribution >= 4 is 0 Å². The minimum absolute atomic E-state index is 0.751. The first-order valence-corrected chi connectivity index (χ1v) is 8.19. The normalized spacial score (nSPS) is 22.7. The number of aryl methyl sites for hydroxylation is 1. The zero-order valence-electron chi connectivity index (χ0n) is 13.0. The first-order valence-electron chi connectivity index (χ1n) is 8.19. The summed E-state index contributed by atoms with van der Waals surface area (Å²) in [5, 5.41) is 3.73. The quantitative estimate of drug-likeness (QED) is 0.748.